The molecule has 2 aromatic carbocycles. The largest absolute Gasteiger partial charge is 0.480 e. The molecule has 8 heteroatoms. The predicted molar refractivity (Wildman–Crippen MR) is 125 cm³/mol. The summed E-state index contributed by atoms with van der Waals surface area (Å²) in [5.41, 5.74) is 1.91. The SMILES string of the molecule is CCOC(=O)C(CCc1ccccc1)NC1CCC(c2ccc(F)cc2)CN(CC(=O)O)C1=O. The average molecular weight is 471 g/mol. The molecule has 1 aliphatic rings. The standard InChI is InChI=1S/C26H31FN2O5/c1-2-34-26(33)23(14-8-18-6-4-3-5-7-18)28-22-15-11-20(19-9-12-21(27)13-10-19)16-29(25(22)32)17-24(30)31/h3-7,9-10,12-13,20,22-23,28H,2,8,11,14-17H2,1H3,(H,30,31). The van der Waals surface area contributed by atoms with Gasteiger partial charge in [0.25, 0.3) is 0 Å². The number of carboxylic acids is 1. The van der Waals surface area contributed by atoms with Gasteiger partial charge >= 0.3 is 11.9 Å². The lowest BCUT2D eigenvalue weighted by Gasteiger charge is -2.27. The Labute approximate surface area is 198 Å². The fourth-order valence-corrected chi connectivity index (χ4v) is 4.34. The summed E-state index contributed by atoms with van der Waals surface area (Å²) in [6, 6.07) is 14.3. The number of aliphatic carboxylic acids is 1. The molecule has 2 N–H and O–H groups in total. The topological polar surface area (TPSA) is 95.9 Å². The van der Waals surface area contributed by atoms with Crippen LogP contribution in [0.2, 0.25) is 0 Å². The minimum absolute atomic E-state index is 0.138. The second-order valence-corrected chi connectivity index (χ2v) is 8.49. The molecule has 2 aromatic rings. The van der Waals surface area contributed by atoms with Crippen molar-refractivity contribution in [3.63, 3.8) is 0 Å². The Morgan fingerprint density at radius 1 is 1.15 bits per heavy atom. The van der Waals surface area contributed by atoms with E-state index in [1.807, 2.05) is 30.3 Å². The molecule has 1 heterocycles. The minimum Gasteiger partial charge on any atom is -0.480 e. The van der Waals surface area contributed by atoms with E-state index in [-0.39, 0.29) is 30.8 Å². The van der Waals surface area contributed by atoms with Gasteiger partial charge in [0, 0.05) is 12.5 Å². The number of hydrogen-bond donors (Lipinski definition) is 2. The molecule has 0 aromatic heterocycles. The fraction of sp³-hybridized carbons (Fsp3) is 0.423. The van der Waals surface area contributed by atoms with Crippen LogP contribution in [0, 0.1) is 5.82 Å². The van der Waals surface area contributed by atoms with Gasteiger partial charge in [-0.05, 0) is 55.9 Å². The summed E-state index contributed by atoms with van der Waals surface area (Å²) >= 11 is 0. The first-order valence-electron chi connectivity index (χ1n) is 11.6. The van der Waals surface area contributed by atoms with E-state index in [2.05, 4.69) is 5.32 Å². The lowest BCUT2D eigenvalue weighted by molar-refractivity contribution is -0.148. The Morgan fingerprint density at radius 2 is 1.85 bits per heavy atom. The van der Waals surface area contributed by atoms with Crippen LogP contribution in [0.5, 0.6) is 0 Å². The van der Waals surface area contributed by atoms with Gasteiger partial charge in [-0.2, -0.15) is 0 Å². The normalized spacial score (nSPS) is 19.4. The van der Waals surface area contributed by atoms with Gasteiger partial charge in [-0.3, -0.25) is 19.7 Å². The van der Waals surface area contributed by atoms with E-state index >= 15 is 0 Å². The first-order chi connectivity index (χ1) is 16.4. The number of likely N-dealkylation sites (tertiary alicyclic amines) is 1. The van der Waals surface area contributed by atoms with Crippen molar-refractivity contribution in [3.05, 3.63) is 71.5 Å². The molecule has 0 bridgehead atoms. The molecule has 3 unspecified atom stereocenters. The number of aryl methyl sites for hydroxylation is 1. The van der Waals surface area contributed by atoms with E-state index in [1.165, 1.54) is 17.0 Å². The summed E-state index contributed by atoms with van der Waals surface area (Å²) in [6.07, 6.45) is 2.06. The highest BCUT2D eigenvalue weighted by Gasteiger charge is 2.35. The van der Waals surface area contributed by atoms with E-state index in [9.17, 15) is 23.9 Å². The monoisotopic (exact) mass is 470 g/mol. The number of nitrogens with one attached hydrogen (secondary N) is 1. The van der Waals surface area contributed by atoms with Crippen molar-refractivity contribution in [1.29, 1.82) is 0 Å². The molecule has 3 atom stereocenters. The number of carbonyl (C=O) groups is 3. The second-order valence-electron chi connectivity index (χ2n) is 8.49. The van der Waals surface area contributed by atoms with Crippen LogP contribution in [-0.4, -0.2) is 59.6 Å². The Balaban J connectivity index is 1.78. The fourth-order valence-electron chi connectivity index (χ4n) is 4.34. The van der Waals surface area contributed by atoms with Crippen molar-refractivity contribution in [1.82, 2.24) is 10.2 Å². The Bertz CT molecular complexity index is 967. The lowest BCUT2D eigenvalue weighted by atomic mass is 9.93. The molecule has 0 saturated carbocycles. The van der Waals surface area contributed by atoms with Crippen LogP contribution in [0.3, 0.4) is 0 Å². The number of hydrogen-bond acceptors (Lipinski definition) is 5. The molecule has 1 amide bonds. The quantitative estimate of drug-likeness (QED) is 0.518. The summed E-state index contributed by atoms with van der Waals surface area (Å²) in [5.74, 6) is -2.40. The van der Waals surface area contributed by atoms with Crippen LogP contribution in [-0.2, 0) is 25.5 Å². The zero-order valence-electron chi connectivity index (χ0n) is 19.3. The summed E-state index contributed by atoms with van der Waals surface area (Å²) in [4.78, 5) is 38.7. The first-order valence-corrected chi connectivity index (χ1v) is 11.6. The predicted octanol–water partition coefficient (Wildman–Crippen LogP) is 3.14. The van der Waals surface area contributed by atoms with Crippen molar-refractivity contribution in [2.24, 2.45) is 0 Å². The Morgan fingerprint density at radius 3 is 2.50 bits per heavy atom. The van der Waals surface area contributed by atoms with Crippen molar-refractivity contribution >= 4 is 17.8 Å². The van der Waals surface area contributed by atoms with Gasteiger partial charge in [-0.1, -0.05) is 42.5 Å². The van der Waals surface area contributed by atoms with E-state index < -0.39 is 30.6 Å². The molecule has 1 fully saturated rings. The van der Waals surface area contributed by atoms with Gasteiger partial charge in [0.05, 0.1) is 12.6 Å². The molecule has 1 saturated heterocycles. The molecule has 0 aliphatic carbocycles. The van der Waals surface area contributed by atoms with E-state index in [1.54, 1.807) is 19.1 Å². The van der Waals surface area contributed by atoms with E-state index in [0.717, 1.165) is 11.1 Å². The highest BCUT2D eigenvalue weighted by Crippen LogP contribution is 2.28. The Kier molecular flexibility index (Phi) is 9.16. The smallest absolute Gasteiger partial charge is 0.323 e. The first kappa shape index (κ1) is 25.4. The maximum atomic E-state index is 13.4. The zero-order valence-corrected chi connectivity index (χ0v) is 19.3. The van der Waals surface area contributed by atoms with Crippen LogP contribution in [0.15, 0.2) is 54.6 Å². The van der Waals surface area contributed by atoms with Crippen LogP contribution in [0.25, 0.3) is 0 Å². The summed E-state index contributed by atoms with van der Waals surface area (Å²) < 4.78 is 18.6. The molecule has 182 valence electrons. The summed E-state index contributed by atoms with van der Waals surface area (Å²) in [6.45, 7) is 1.72. The molecule has 3 rings (SSSR count). The molecule has 34 heavy (non-hydrogen) atoms. The third-order valence-corrected chi connectivity index (χ3v) is 6.06. The van der Waals surface area contributed by atoms with Crippen LogP contribution in [0.4, 0.5) is 4.39 Å². The third-order valence-electron chi connectivity index (χ3n) is 6.06. The number of carboxylic acid groups (broad SMARTS) is 1. The molecule has 1 aliphatic heterocycles. The van der Waals surface area contributed by atoms with E-state index in [4.69, 9.17) is 4.74 Å². The molecular weight excluding hydrogens is 439 g/mol. The average Bonchev–Trinajstić information content (AvgIpc) is 2.96. The van der Waals surface area contributed by atoms with Gasteiger partial charge in [0.15, 0.2) is 0 Å². The highest BCUT2D eigenvalue weighted by molar-refractivity contribution is 5.86. The summed E-state index contributed by atoms with van der Waals surface area (Å²) in [5, 5.41) is 12.5. The van der Waals surface area contributed by atoms with Gasteiger partial charge in [0.1, 0.15) is 18.4 Å². The number of ether oxygens (including phenoxy) is 1. The van der Waals surface area contributed by atoms with Gasteiger partial charge in [0.2, 0.25) is 5.91 Å². The second kappa shape index (κ2) is 12.3. The van der Waals surface area contributed by atoms with Crippen molar-refractivity contribution in [2.75, 3.05) is 19.7 Å². The van der Waals surface area contributed by atoms with Crippen LogP contribution < -0.4 is 5.32 Å². The maximum Gasteiger partial charge on any atom is 0.323 e. The number of halogens is 1. The maximum absolute atomic E-state index is 13.4. The van der Waals surface area contributed by atoms with Gasteiger partial charge < -0.3 is 14.7 Å². The number of esters is 1. The molecule has 0 radical (unpaired) electrons. The van der Waals surface area contributed by atoms with Gasteiger partial charge in [-0.25, -0.2) is 4.39 Å². The number of rotatable bonds is 10. The molecule has 7 nitrogen and oxygen atoms in total. The highest BCUT2D eigenvalue weighted by atomic mass is 19.1. The molecular formula is C26H31FN2O5. The summed E-state index contributed by atoms with van der Waals surface area (Å²) in [7, 11) is 0. The Hall–Kier alpha value is -3.26. The number of carbonyl (C=O) groups excluding carboxylic acids is 2. The molecule has 0 spiro atoms. The van der Waals surface area contributed by atoms with Gasteiger partial charge in [-0.15, -0.1) is 0 Å². The minimum atomic E-state index is -1.11. The number of benzene rings is 2. The third kappa shape index (κ3) is 7.12. The van der Waals surface area contributed by atoms with Crippen LogP contribution in [0.1, 0.15) is 43.2 Å². The number of nitrogens with zero attached hydrogens (tertiary/aromatic N) is 1. The zero-order chi connectivity index (χ0) is 24.5. The van der Waals surface area contributed by atoms with Crippen LogP contribution >= 0.6 is 0 Å². The lowest BCUT2D eigenvalue weighted by Crippen LogP contribution is -2.52. The van der Waals surface area contributed by atoms with Crippen molar-refractivity contribution < 1.29 is 28.6 Å². The van der Waals surface area contributed by atoms with Crippen molar-refractivity contribution in [2.45, 2.75) is 50.6 Å². The van der Waals surface area contributed by atoms with E-state index in [0.29, 0.717) is 25.7 Å². The van der Waals surface area contributed by atoms with Crippen molar-refractivity contribution in [3.8, 4) is 0 Å². The number of amides is 1.